The Bertz CT molecular complexity index is 1090. The Kier molecular flexibility index (Phi) is 12.4. The number of hydrogen-bond donors (Lipinski definition) is 11. The van der Waals surface area contributed by atoms with Gasteiger partial charge in [0.25, 0.3) is 0 Å². The Hall–Kier alpha value is -1.17. The predicted molar refractivity (Wildman–Crippen MR) is 163 cm³/mol. The first-order valence-corrected chi connectivity index (χ1v) is 17.6. The van der Waals surface area contributed by atoms with Gasteiger partial charge in [-0.05, 0) is 61.7 Å². The maximum Gasteiger partial charge on any atom is 0.220 e. The van der Waals surface area contributed by atoms with Gasteiger partial charge in [0, 0.05) is 13.0 Å². The minimum atomic E-state index is -1.92. The number of aliphatic hydroxyl groups excluding tert-OH is 10. The number of carbonyl (C=O) groups is 1. The van der Waals surface area contributed by atoms with Crippen molar-refractivity contribution in [3.63, 3.8) is 0 Å². The fourth-order valence-corrected chi connectivity index (χ4v) is 9.46. The fraction of sp³-hybridized carbons (Fsp3) is 0.969. The van der Waals surface area contributed by atoms with Gasteiger partial charge < -0.3 is 84.8 Å². The average Bonchev–Trinajstić information content (AvgIpc) is 3.08. The van der Waals surface area contributed by atoms with E-state index in [9.17, 15) is 55.9 Å². The summed E-state index contributed by atoms with van der Waals surface area (Å²) in [5.74, 6) is 2.13. The van der Waals surface area contributed by atoms with Gasteiger partial charge in [-0.1, -0.05) is 0 Å². The van der Waals surface area contributed by atoms with Crippen LogP contribution in [0.25, 0.3) is 0 Å². The van der Waals surface area contributed by atoms with Crippen molar-refractivity contribution in [1.82, 2.24) is 5.32 Å². The summed E-state index contributed by atoms with van der Waals surface area (Å²) < 4.78 is 33.4. The van der Waals surface area contributed by atoms with Crippen LogP contribution >= 0.6 is 0 Å². The molecule has 1 amide bonds. The summed E-state index contributed by atoms with van der Waals surface area (Å²) in [7, 11) is 0. The van der Waals surface area contributed by atoms with E-state index in [2.05, 4.69) is 5.32 Å². The summed E-state index contributed by atoms with van der Waals surface area (Å²) in [6.07, 6.45) is -17.0. The van der Waals surface area contributed by atoms with Crippen LogP contribution in [-0.4, -0.2) is 182 Å². The lowest BCUT2D eigenvalue weighted by atomic mass is 9.49. The van der Waals surface area contributed by atoms with Gasteiger partial charge in [0.05, 0.1) is 26.4 Å². The molecule has 288 valence electrons. The third kappa shape index (κ3) is 7.87. The van der Waals surface area contributed by atoms with Gasteiger partial charge in [0.15, 0.2) is 18.9 Å². The Labute approximate surface area is 288 Å². The van der Waals surface area contributed by atoms with Crippen LogP contribution in [0.3, 0.4) is 0 Å². The van der Waals surface area contributed by atoms with Crippen molar-refractivity contribution in [3.8, 4) is 0 Å². The highest BCUT2D eigenvalue weighted by atomic mass is 16.8. The quantitative estimate of drug-likeness (QED) is 0.0795. The molecule has 15 atom stereocenters. The standard InChI is InChI=1S/C32H53NO17/c34-10-16-20(38)21(39)24(42)30(46-16)49-28-18(12-36)48-31(26(44)23(28)41)50-27-17(11-35)47-29(25(43)22(27)40)45-2-1-33-19(37)9-32-6-13-3-14(7-32)5-15(4-13)8-32/h13-18,20-31,34-36,38-44H,1-12H2,(H,33,37)/t13?,14?,15?,16-,17-,18-,20+,21+,22-,23-,24-,25-,26-,27-,28+,29-,30-,31+,32?/m1/s1. The highest BCUT2D eigenvalue weighted by Gasteiger charge is 2.54. The zero-order chi connectivity index (χ0) is 35.9. The van der Waals surface area contributed by atoms with Crippen LogP contribution in [0.1, 0.15) is 44.9 Å². The van der Waals surface area contributed by atoms with Crippen molar-refractivity contribution in [2.75, 3.05) is 33.0 Å². The summed E-state index contributed by atoms with van der Waals surface area (Å²) >= 11 is 0. The number of carbonyl (C=O) groups excluding carboxylic acids is 1. The van der Waals surface area contributed by atoms with Gasteiger partial charge >= 0.3 is 0 Å². The minimum absolute atomic E-state index is 0.0577. The van der Waals surface area contributed by atoms with Crippen LogP contribution < -0.4 is 5.32 Å². The lowest BCUT2D eigenvalue weighted by Gasteiger charge is -2.56. The molecule has 3 aliphatic heterocycles. The summed E-state index contributed by atoms with van der Waals surface area (Å²) in [4.78, 5) is 12.8. The second-order valence-corrected chi connectivity index (χ2v) is 15.1. The molecular weight excluding hydrogens is 670 g/mol. The van der Waals surface area contributed by atoms with Crippen LogP contribution in [0.4, 0.5) is 0 Å². The maximum absolute atomic E-state index is 12.8. The molecule has 7 rings (SSSR count). The second-order valence-electron chi connectivity index (χ2n) is 15.1. The SMILES string of the molecule is O=C(CC12CC3CC(CC(C3)C1)C2)NCCO[C@@H]1O[C@H](CO)[C@@H](O[C@@H]2O[C@H](CO)[C@H](O[C@H]3O[C@H](CO)[C@H](O)[C@H](O)[C@H]3O)[C@H](O)[C@H]2O)[C@H](O)[C@H]1O. The summed E-state index contributed by atoms with van der Waals surface area (Å²) in [5, 5.41) is 106. The molecule has 11 N–H and O–H groups in total. The molecule has 0 aromatic carbocycles. The Morgan fingerprint density at radius 3 is 1.54 bits per heavy atom. The molecule has 7 fully saturated rings. The van der Waals surface area contributed by atoms with Crippen molar-refractivity contribution in [3.05, 3.63) is 0 Å². The van der Waals surface area contributed by atoms with Gasteiger partial charge in [0.2, 0.25) is 5.91 Å². The predicted octanol–water partition coefficient (Wildman–Crippen LogP) is -4.83. The second kappa shape index (κ2) is 16.1. The maximum atomic E-state index is 12.8. The number of nitrogens with one attached hydrogen (secondary N) is 1. The molecule has 4 aliphatic carbocycles. The van der Waals surface area contributed by atoms with Crippen molar-refractivity contribution in [2.45, 2.75) is 137 Å². The monoisotopic (exact) mass is 723 g/mol. The molecule has 4 saturated carbocycles. The van der Waals surface area contributed by atoms with Gasteiger partial charge in [-0.3, -0.25) is 4.79 Å². The lowest BCUT2D eigenvalue weighted by Crippen LogP contribution is -2.66. The summed E-state index contributed by atoms with van der Waals surface area (Å²) in [5.41, 5.74) is 0.0803. The Morgan fingerprint density at radius 1 is 0.600 bits per heavy atom. The number of aliphatic hydroxyl groups is 10. The van der Waals surface area contributed by atoms with E-state index in [4.69, 9.17) is 28.4 Å². The van der Waals surface area contributed by atoms with Crippen molar-refractivity contribution >= 4 is 5.91 Å². The van der Waals surface area contributed by atoms with Crippen LogP contribution in [0.5, 0.6) is 0 Å². The lowest BCUT2D eigenvalue weighted by molar-refractivity contribution is -0.379. The Balaban J connectivity index is 0.987. The average molecular weight is 724 g/mol. The number of ether oxygens (including phenoxy) is 6. The van der Waals surface area contributed by atoms with E-state index in [1.54, 1.807) is 0 Å². The van der Waals surface area contributed by atoms with E-state index in [-0.39, 0.29) is 24.5 Å². The molecule has 4 bridgehead atoms. The molecule has 0 unspecified atom stereocenters. The van der Waals surface area contributed by atoms with Gasteiger partial charge in [-0.25, -0.2) is 0 Å². The molecule has 18 nitrogen and oxygen atoms in total. The van der Waals surface area contributed by atoms with E-state index < -0.39 is 112 Å². The smallest absolute Gasteiger partial charge is 0.220 e. The van der Waals surface area contributed by atoms with Gasteiger partial charge in [-0.15, -0.1) is 0 Å². The van der Waals surface area contributed by atoms with E-state index in [0.717, 1.165) is 37.0 Å². The van der Waals surface area contributed by atoms with E-state index in [1.807, 2.05) is 0 Å². The summed E-state index contributed by atoms with van der Waals surface area (Å²) in [6, 6.07) is 0. The number of amides is 1. The number of rotatable bonds is 13. The highest BCUT2D eigenvalue weighted by Crippen LogP contribution is 2.61. The third-order valence-corrected chi connectivity index (χ3v) is 11.5. The first kappa shape index (κ1) is 38.6. The third-order valence-electron chi connectivity index (χ3n) is 11.5. The van der Waals surface area contributed by atoms with E-state index >= 15 is 0 Å². The molecule has 18 heteroatoms. The molecule has 3 saturated heterocycles. The van der Waals surface area contributed by atoms with E-state index in [0.29, 0.717) is 6.42 Å². The molecule has 0 radical (unpaired) electrons. The molecule has 50 heavy (non-hydrogen) atoms. The molecule has 7 aliphatic rings. The number of hydrogen-bond acceptors (Lipinski definition) is 17. The van der Waals surface area contributed by atoms with Crippen LogP contribution in [-0.2, 0) is 33.2 Å². The highest BCUT2D eigenvalue weighted by molar-refractivity contribution is 5.76. The zero-order valence-corrected chi connectivity index (χ0v) is 27.7. The minimum Gasteiger partial charge on any atom is -0.394 e. The van der Waals surface area contributed by atoms with Crippen LogP contribution in [0.2, 0.25) is 0 Å². The first-order chi connectivity index (χ1) is 23.9. The van der Waals surface area contributed by atoms with Gasteiger partial charge in [-0.2, -0.15) is 0 Å². The molecular formula is C32H53NO17. The van der Waals surface area contributed by atoms with Crippen molar-refractivity contribution < 1.29 is 84.3 Å². The fourth-order valence-electron chi connectivity index (χ4n) is 9.46. The summed E-state index contributed by atoms with van der Waals surface area (Å²) in [6.45, 7) is -2.23. The molecule has 0 aromatic heterocycles. The van der Waals surface area contributed by atoms with Gasteiger partial charge in [0.1, 0.15) is 73.2 Å². The topological polar surface area (TPSA) is 287 Å². The van der Waals surface area contributed by atoms with E-state index in [1.165, 1.54) is 19.3 Å². The first-order valence-electron chi connectivity index (χ1n) is 17.6. The zero-order valence-electron chi connectivity index (χ0n) is 27.7. The van der Waals surface area contributed by atoms with Crippen molar-refractivity contribution in [1.29, 1.82) is 0 Å². The van der Waals surface area contributed by atoms with Crippen LogP contribution in [0, 0.1) is 23.2 Å². The molecule has 0 aromatic rings. The Morgan fingerprint density at radius 2 is 1.04 bits per heavy atom. The molecule has 3 heterocycles. The largest absolute Gasteiger partial charge is 0.394 e. The van der Waals surface area contributed by atoms with Crippen LogP contribution in [0.15, 0.2) is 0 Å². The normalized spacial score (nSPS) is 50.4. The van der Waals surface area contributed by atoms with Crippen molar-refractivity contribution in [2.24, 2.45) is 23.2 Å². The molecule has 0 spiro atoms.